The molecule has 2 aliphatic rings. The van der Waals surface area contributed by atoms with E-state index in [-0.39, 0.29) is 0 Å². The Morgan fingerprint density at radius 2 is 0.880 bits per heavy atom. The van der Waals surface area contributed by atoms with E-state index >= 15 is 0 Å². The molecule has 2 saturated heterocycles. The molecule has 0 atom stereocenters. The Morgan fingerprint density at radius 1 is 0.640 bits per heavy atom. The van der Waals surface area contributed by atoms with Gasteiger partial charge in [0.15, 0.2) is 0 Å². The second-order valence-corrected chi connectivity index (χ2v) is 31.5. The van der Waals surface area contributed by atoms with Gasteiger partial charge in [0.1, 0.15) is 0 Å². The summed E-state index contributed by atoms with van der Waals surface area (Å²) in [5, 5.41) is 0. The molecular weight excluding hydrogens is 526 g/mol. The Hall–Kier alpha value is 1.45. The third kappa shape index (κ3) is 3.96. The van der Waals surface area contributed by atoms with Crippen LogP contribution in [0, 0.1) is 0 Å². The van der Waals surface area contributed by atoms with Gasteiger partial charge < -0.3 is 0 Å². The van der Waals surface area contributed by atoms with Gasteiger partial charge in [0.2, 0.25) is 0 Å². The van der Waals surface area contributed by atoms with Crippen molar-refractivity contribution in [2.75, 3.05) is 0 Å². The summed E-state index contributed by atoms with van der Waals surface area (Å²) < 4.78 is 7.01. The molecule has 0 aromatic heterocycles. The first kappa shape index (κ1) is 22.7. The molecule has 2 rings (SSSR count). The number of halogens is 1. The molecule has 0 amide bonds. The summed E-state index contributed by atoms with van der Waals surface area (Å²) >= 11 is 0.141. The summed E-state index contributed by atoms with van der Waals surface area (Å²) in [7, 11) is 0. The zero-order valence-corrected chi connectivity index (χ0v) is 23.6. The molecular formula is C21H43IN2Sn. The maximum atomic E-state index is 3.12. The summed E-state index contributed by atoms with van der Waals surface area (Å²) in [5.41, 5.74) is 1.25. The van der Waals surface area contributed by atoms with Gasteiger partial charge in [0, 0.05) is 0 Å². The van der Waals surface area contributed by atoms with Crippen LogP contribution in [0.15, 0.2) is 0 Å². The fourth-order valence-corrected chi connectivity index (χ4v) is 38.3. The van der Waals surface area contributed by atoms with Crippen molar-refractivity contribution in [3.05, 3.63) is 0 Å². The van der Waals surface area contributed by atoms with Gasteiger partial charge in [-0.3, -0.25) is 0 Å². The van der Waals surface area contributed by atoms with Crippen LogP contribution in [0.25, 0.3) is 0 Å². The van der Waals surface area contributed by atoms with Gasteiger partial charge in [-0.15, -0.1) is 0 Å². The first-order chi connectivity index (χ1) is 11.1. The Labute approximate surface area is 172 Å². The minimum absolute atomic E-state index is 0.312. The summed E-state index contributed by atoms with van der Waals surface area (Å²) in [5.74, 6) is 0. The molecule has 148 valence electrons. The van der Waals surface area contributed by atoms with Gasteiger partial charge in [0.05, 0.1) is 0 Å². The SMILES string of the molecule is C[CH](C)[Sn]([I])([N]1C(C)(C)CCCC1(C)C)[N]1C(C)(C)CCCC1(C)C. The van der Waals surface area contributed by atoms with Gasteiger partial charge >= 0.3 is 174 Å². The van der Waals surface area contributed by atoms with Gasteiger partial charge in [-0.05, 0) is 0 Å². The average Bonchev–Trinajstić information content (AvgIpc) is 2.33. The standard InChI is InChI=1S/2C9H18N.C3H7.HI.Sn/c2*1-8(2)6-5-7-9(3,4)10-8;1-3-2;;/h2*5-7H2,1-4H3;3H,1-2H3;1H;/q2*-1;;;+3/p-1. The molecule has 0 saturated carbocycles. The van der Waals surface area contributed by atoms with E-state index in [1.165, 1.54) is 38.5 Å². The fourth-order valence-electron chi connectivity index (χ4n) is 6.31. The van der Waals surface area contributed by atoms with Crippen molar-refractivity contribution in [2.24, 2.45) is 0 Å². The monoisotopic (exact) mass is 570 g/mol. The molecule has 2 heterocycles. The quantitative estimate of drug-likeness (QED) is 0.271. The van der Waals surface area contributed by atoms with Crippen LogP contribution in [0.1, 0.15) is 108 Å². The van der Waals surface area contributed by atoms with E-state index in [4.69, 9.17) is 0 Å². The van der Waals surface area contributed by atoms with Crippen LogP contribution in [0.5, 0.6) is 0 Å². The van der Waals surface area contributed by atoms with Crippen LogP contribution in [0.3, 0.4) is 0 Å². The fraction of sp³-hybridized carbons (Fsp3) is 1.00. The molecule has 0 spiro atoms. The van der Waals surface area contributed by atoms with Crippen molar-refractivity contribution in [1.82, 2.24) is 6.24 Å². The van der Waals surface area contributed by atoms with Crippen molar-refractivity contribution < 1.29 is 0 Å². The summed E-state index contributed by atoms with van der Waals surface area (Å²) in [6.45, 7) is 25.3. The molecule has 0 aliphatic carbocycles. The van der Waals surface area contributed by atoms with Crippen LogP contribution in [0.4, 0.5) is 0 Å². The normalized spacial score (nSPS) is 29.8. The maximum absolute atomic E-state index is 3.12. The van der Waals surface area contributed by atoms with E-state index in [0.717, 1.165) is 3.93 Å². The molecule has 25 heavy (non-hydrogen) atoms. The van der Waals surface area contributed by atoms with Crippen molar-refractivity contribution in [1.29, 1.82) is 0 Å². The van der Waals surface area contributed by atoms with Crippen LogP contribution < -0.4 is 0 Å². The molecule has 0 aromatic carbocycles. The van der Waals surface area contributed by atoms with Crippen LogP contribution in [-0.2, 0) is 0 Å². The zero-order chi connectivity index (χ0) is 19.5. The van der Waals surface area contributed by atoms with Gasteiger partial charge in [0.25, 0.3) is 0 Å². The van der Waals surface area contributed by atoms with Crippen molar-refractivity contribution >= 4 is 33.6 Å². The predicted molar refractivity (Wildman–Crippen MR) is 123 cm³/mol. The summed E-state index contributed by atoms with van der Waals surface area (Å²) in [6.07, 6.45) is 8.14. The molecule has 0 N–H and O–H groups in total. The number of hydrogen-bond donors (Lipinski definition) is 0. The number of hydrogen-bond acceptors (Lipinski definition) is 2. The molecule has 0 aromatic rings. The van der Waals surface area contributed by atoms with Crippen molar-refractivity contribution in [3.8, 4) is 0 Å². The molecule has 0 bridgehead atoms. The Kier molecular flexibility index (Phi) is 6.41. The third-order valence-corrected chi connectivity index (χ3v) is 36.5. The van der Waals surface area contributed by atoms with E-state index in [9.17, 15) is 0 Å². The topological polar surface area (TPSA) is 6.48 Å². The van der Waals surface area contributed by atoms with Crippen LogP contribution in [-0.4, -0.2) is 43.4 Å². The predicted octanol–water partition coefficient (Wildman–Crippen LogP) is 6.86. The van der Waals surface area contributed by atoms with E-state index < -0.39 is 15.0 Å². The van der Waals surface area contributed by atoms with E-state index in [1.807, 2.05) is 0 Å². The Bertz CT molecular complexity index is 426. The number of piperidine rings is 2. The third-order valence-electron chi connectivity index (χ3n) is 6.94. The van der Waals surface area contributed by atoms with E-state index in [0.29, 0.717) is 22.2 Å². The first-order valence-corrected chi connectivity index (χ1v) is 22.9. The molecule has 2 aliphatic heterocycles. The van der Waals surface area contributed by atoms with Gasteiger partial charge in [-0.1, -0.05) is 0 Å². The first-order valence-electron chi connectivity index (χ1n) is 10.4. The van der Waals surface area contributed by atoms with Gasteiger partial charge in [-0.2, -0.15) is 0 Å². The van der Waals surface area contributed by atoms with Crippen LogP contribution >= 0.6 is 18.6 Å². The molecule has 4 heteroatoms. The van der Waals surface area contributed by atoms with E-state index in [1.54, 1.807) is 0 Å². The molecule has 0 unspecified atom stereocenters. The van der Waals surface area contributed by atoms with E-state index in [2.05, 4.69) is 94.1 Å². The van der Waals surface area contributed by atoms with Crippen LogP contribution in [0.2, 0.25) is 3.93 Å². The number of rotatable bonds is 3. The summed E-state index contributed by atoms with van der Waals surface area (Å²) in [6, 6.07) is 0. The molecule has 2 fully saturated rings. The Balaban J connectivity index is 2.68. The molecule has 0 radical (unpaired) electrons. The summed E-state index contributed by atoms with van der Waals surface area (Å²) in [4.78, 5) is 0. The second kappa shape index (κ2) is 7.05. The van der Waals surface area contributed by atoms with Gasteiger partial charge in [-0.25, -0.2) is 0 Å². The minimum atomic E-state index is -2.92. The number of nitrogens with zero attached hydrogens (tertiary/aromatic N) is 2. The van der Waals surface area contributed by atoms with Crippen molar-refractivity contribution in [3.63, 3.8) is 0 Å². The Morgan fingerprint density at radius 3 is 1.08 bits per heavy atom. The second-order valence-electron chi connectivity index (χ2n) is 11.4. The average molecular weight is 569 g/mol. The molecule has 2 nitrogen and oxygen atoms in total. The zero-order valence-electron chi connectivity index (χ0n) is 18.6. The van der Waals surface area contributed by atoms with Crippen molar-refractivity contribution in [2.45, 2.75) is 134 Å².